The first-order chi connectivity index (χ1) is 12.3. The number of alkyl carbamates (subject to hydrolysis) is 1. The van der Waals surface area contributed by atoms with Crippen molar-refractivity contribution in [1.29, 1.82) is 0 Å². The number of rotatable bonds is 6. The van der Waals surface area contributed by atoms with Gasteiger partial charge in [0.25, 0.3) is 0 Å². The van der Waals surface area contributed by atoms with E-state index >= 15 is 0 Å². The van der Waals surface area contributed by atoms with Gasteiger partial charge in [-0.15, -0.1) is 0 Å². The van der Waals surface area contributed by atoms with Crippen molar-refractivity contribution in [1.82, 2.24) is 5.32 Å². The van der Waals surface area contributed by atoms with Crippen LogP contribution >= 0.6 is 0 Å². The van der Waals surface area contributed by atoms with Crippen LogP contribution in [-0.2, 0) is 9.47 Å². The third kappa shape index (κ3) is 5.33. The van der Waals surface area contributed by atoms with E-state index in [2.05, 4.69) is 44.3 Å². The van der Waals surface area contributed by atoms with Crippen molar-refractivity contribution in [2.24, 2.45) is 5.41 Å². The van der Waals surface area contributed by atoms with Crippen molar-refractivity contribution in [2.75, 3.05) is 20.3 Å². The van der Waals surface area contributed by atoms with Gasteiger partial charge in [0.05, 0.1) is 12.6 Å². The van der Waals surface area contributed by atoms with Crippen LogP contribution in [0.5, 0.6) is 0 Å². The molecule has 4 heteroatoms. The predicted molar refractivity (Wildman–Crippen MR) is 106 cm³/mol. The maximum atomic E-state index is 12.3. The Morgan fingerprint density at radius 3 is 2.54 bits per heavy atom. The fourth-order valence-electron chi connectivity index (χ4n) is 2.66. The summed E-state index contributed by atoms with van der Waals surface area (Å²) in [6.45, 7) is 9.07. The lowest BCUT2D eigenvalue weighted by Crippen LogP contribution is -2.32. The van der Waals surface area contributed by atoms with Crippen LogP contribution in [0, 0.1) is 5.41 Å². The van der Waals surface area contributed by atoms with Crippen LogP contribution in [0.2, 0.25) is 0 Å². The second-order valence-electron chi connectivity index (χ2n) is 7.46. The van der Waals surface area contributed by atoms with E-state index in [0.29, 0.717) is 6.61 Å². The van der Waals surface area contributed by atoms with Gasteiger partial charge in [-0.2, -0.15) is 0 Å². The van der Waals surface area contributed by atoms with E-state index < -0.39 is 6.09 Å². The first kappa shape index (κ1) is 20.0. The minimum atomic E-state index is -0.446. The second-order valence-corrected chi connectivity index (χ2v) is 7.46. The van der Waals surface area contributed by atoms with Crippen molar-refractivity contribution < 1.29 is 14.3 Å². The lowest BCUT2D eigenvalue weighted by atomic mass is 9.87. The normalized spacial score (nSPS) is 13.5. The number of ether oxygens (including phenoxy) is 2. The molecule has 0 spiro atoms. The largest absolute Gasteiger partial charge is 0.445 e. The molecule has 1 amide bonds. The van der Waals surface area contributed by atoms with Crippen molar-refractivity contribution >= 4 is 16.9 Å². The van der Waals surface area contributed by atoms with Gasteiger partial charge in [0.2, 0.25) is 0 Å². The van der Waals surface area contributed by atoms with E-state index in [4.69, 9.17) is 9.47 Å². The van der Waals surface area contributed by atoms with Crippen LogP contribution in [0.3, 0.4) is 0 Å². The molecular weight excluding hydrogens is 326 g/mol. The van der Waals surface area contributed by atoms with E-state index in [1.807, 2.05) is 37.3 Å². The van der Waals surface area contributed by atoms with Gasteiger partial charge in [-0.25, -0.2) is 4.79 Å². The Morgan fingerprint density at radius 1 is 1.15 bits per heavy atom. The van der Waals surface area contributed by atoms with Gasteiger partial charge in [0.1, 0.15) is 6.61 Å². The van der Waals surface area contributed by atoms with Crippen LogP contribution in [0.15, 0.2) is 54.1 Å². The summed E-state index contributed by atoms with van der Waals surface area (Å²) in [6, 6.07) is 13.9. The summed E-state index contributed by atoms with van der Waals surface area (Å²) in [4.78, 5) is 12.3. The van der Waals surface area contributed by atoms with E-state index in [1.54, 1.807) is 7.11 Å². The molecule has 0 aromatic heterocycles. The first-order valence-corrected chi connectivity index (χ1v) is 8.90. The van der Waals surface area contributed by atoms with Gasteiger partial charge in [-0.3, -0.25) is 0 Å². The Kier molecular flexibility index (Phi) is 6.81. The summed E-state index contributed by atoms with van der Waals surface area (Å²) in [5.74, 6) is 0. The van der Waals surface area contributed by atoms with Crippen molar-refractivity contribution in [3.05, 3.63) is 59.7 Å². The maximum absolute atomic E-state index is 12.3. The van der Waals surface area contributed by atoms with E-state index in [1.165, 1.54) is 5.57 Å². The molecule has 2 aromatic rings. The molecule has 0 heterocycles. The SMILES string of the molecule is COCC(NC(=O)OC/C=C(\C)C(C)(C)C)c1cccc2ccccc12. The fraction of sp³-hybridized carbons (Fsp3) is 0.409. The summed E-state index contributed by atoms with van der Waals surface area (Å²) >= 11 is 0. The van der Waals surface area contributed by atoms with Gasteiger partial charge >= 0.3 is 6.09 Å². The molecule has 140 valence electrons. The fourth-order valence-corrected chi connectivity index (χ4v) is 2.66. The van der Waals surface area contributed by atoms with Crippen molar-refractivity contribution in [3.8, 4) is 0 Å². The molecule has 4 nitrogen and oxygen atoms in total. The highest BCUT2D eigenvalue weighted by atomic mass is 16.5. The Bertz CT molecular complexity index is 769. The number of benzene rings is 2. The number of amides is 1. The number of carbonyl (C=O) groups is 1. The Hall–Kier alpha value is -2.33. The molecule has 0 bridgehead atoms. The molecule has 1 N–H and O–H groups in total. The molecule has 1 unspecified atom stereocenters. The molecule has 26 heavy (non-hydrogen) atoms. The number of fused-ring (bicyclic) bond motifs is 1. The third-order valence-electron chi connectivity index (χ3n) is 4.61. The van der Waals surface area contributed by atoms with Crippen LogP contribution in [0.25, 0.3) is 10.8 Å². The van der Waals surface area contributed by atoms with Gasteiger partial charge < -0.3 is 14.8 Å². The molecule has 2 aromatic carbocycles. The van der Waals surface area contributed by atoms with Crippen LogP contribution in [-0.4, -0.2) is 26.4 Å². The lowest BCUT2D eigenvalue weighted by molar-refractivity contribution is 0.133. The summed E-state index contributed by atoms with van der Waals surface area (Å²) in [5, 5.41) is 5.15. The smallest absolute Gasteiger partial charge is 0.408 e. The highest BCUT2D eigenvalue weighted by Gasteiger charge is 2.18. The molecule has 0 aliphatic heterocycles. The zero-order valence-electron chi connectivity index (χ0n) is 16.3. The van der Waals surface area contributed by atoms with Gasteiger partial charge in [0, 0.05) is 7.11 Å². The first-order valence-electron chi connectivity index (χ1n) is 8.90. The average molecular weight is 355 g/mol. The Balaban J connectivity index is 2.09. The van der Waals surface area contributed by atoms with Crippen LogP contribution in [0.1, 0.15) is 39.3 Å². The van der Waals surface area contributed by atoms with Crippen LogP contribution in [0.4, 0.5) is 4.79 Å². The average Bonchev–Trinajstić information content (AvgIpc) is 2.60. The number of hydrogen-bond donors (Lipinski definition) is 1. The Labute approximate surface area is 156 Å². The minimum absolute atomic E-state index is 0.0708. The van der Waals surface area contributed by atoms with Gasteiger partial charge in [0.15, 0.2) is 0 Å². The number of carbonyl (C=O) groups excluding carboxylic acids is 1. The topological polar surface area (TPSA) is 47.6 Å². The zero-order chi connectivity index (χ0) is 19.2. The molecule has 0 aliphatic rings. The number of nitrogens with one attached hydrogen (secondary N) is 1. The van der Waals surface area contributed by atoms with Gasteiger partial charge in [-0.05, 0) is 34.8 Å². The quantitative estimate of drug-likeness (QED) is 0.720. The lowest BCUT2D eigenvalue weighted by Gasteiger charge is -2.21. The maximum Gasteiger partial charge on any atom is 0.408 e. The summed E-state index contributed by atoms with van der Waals surface area (Å²) in [6.07, 6.45) is 1.50. The monoisotopic (exact) mass is 355 g/mol. The van der Waals surface area contributed by atoms with E-state index in [0.717, 1.165) is 16.3 Å². The summed E-state index contributed by atoms with van der Waals surface area (Å²) in [7, 11) is 1.63. The molecule has 0 radical (unpaired) electrons. The number of hydrogen-bond acceptors (Lipinski definition) is 3. The van der Waals surface area contributed by atoms with E-state index in [-0.39, 0.29) is 18.1 Å². The molecule has 0 saturated heterocycles. The van der Waals surface area contributed by atoms with Gasteiger partial charge in [-0.1, -0.05) is 68.8 Å². The molecule has 2 rings (SSSR count). The molecular formula is C22H29NO3. The molecule has 0 saturated carbocycles. The highest BCUT2D eigenvalue weighted by molar-refractivity contribution is 5.86. The molecule has 0 fully saturated rings. The highest BCUT2D eigenvalue weighted by Crippen LogP contribution is 2.25. The van der Waals surface area contributed by atoms with Crippen molar-refractivity contribution in [3.63, 3.8) is 0 Å². The number of methoxy groups -OCH3 is 1. The third-order valence-corrected chi connectivity index (χ3v) is 4.61. The van der Waals surface area contributed by atoms with E-state index in [9.17, 15) is 4.79 Å². The summed E-state index contributed by atoms with van der Waals surface area (Å²) in [5.41, 5.74) is 2.28. The minimum Gasteiger partial charge on any atom is -0.445 e. The summed E-state index contributed by atoms with van der Waals surface area (Å²) < 4.78 is 10.6. The predicted octanol–water partition coefficient (Wildman–Crippen LogP) is 5.25. The standard InChI is InChI=1S/C22H29NO3/c1-16(22(2,3)4)13-14-26-21(24)23-20(15-25-5)19-12-8-10-17-9-6-7-11-18(17)19/h6-13,20H,14-15H2,1-5H3,(H,23,24)/b16-13+. The van der Waals surface area contributed by atoms with Crippen molar-refractivity contribution in [2.45, 2.75) is 33.7 Å². The zero-order valence-corrected chi connectivity index (χ0v) is 16.3. The number of allylic oxidation sites excluding steroid dienone is 1. The van der Waals surface area contributed by atoms with Crippen LogP contribution < -0.4 is 5.32 Å². The molecule has 0 aliphatic carbocycles. The molecule has 1 atom stereocenters. The Morgan fingerprint density at radius 2 is 1.85 bits per heavy atom. The second kappa shape index (κ2) is 8.86.